The molecular weight excluding hydrogens is 403 g/mol. The highest BCUT2D eigenvalue weighted by Crippen LogP contribution is 2.45. The predicted molar refractivity (Wildman–Crippen MR) is 104 cm³/mol. The van der Waals surface area contributed by atoms with Crippen molar-refractivity contribution >= 4 is 25.4 Å². The van der Waals surface area contributed by atoms with E-state index in [9.17, 15) is 23.8 Å². The number of nitrogens with one attached hydrogen (secondary N) is 1. The van der Waals surface area contributed by atoms with Gasteiger partial charge in [-0.05, 0) is 17.9 Å². The maximum absolute atomic E-state index is 12.2. The van der Waals surface area contributed by atoms with Crippen LogP contribution in [0.5, 0.6) is 0 Å². The topological polar surface area (TPSA) is 165 Å². The Bertz CT molecular complexity index is 728. The molecule has 0 radical (unpaired) electrons. The number of aliphatic carboxylic acids is 1. The minimum absolute atomic E-state index is 0.126. The Labute approximate surface area is 168 Å². The van der Waals surface area contributed by atoms with Gasteiger partial charge in [-0.1, -0.05) is 37.3 Å². The number of ether oxygens (including phenoxy) is 1. The summed E-state index contributed by atoms with van der Waals surface area (Å²) in [6.07, 6.45) is -1.32. The number of rotatable bonds is 13. The fraction of sp³-hybridized carbons (Fsp3) is 0.500. The van der Waals surface area contributed by atoms with Crippen LogP contribution in [0.25, 0.3) is 0 Å². The van der Waals surface area contributed by atoms with Crippen molar-refractivity contribution in [3.8, 4) is 0 Å². The Balaban J connectivity index is 2.42. The zero-order valence-corrected chi connectivity index (χ0v) is 17.0. The van der Waals surface area contributed by atoms with Gasteiger partial charge in [-0.3, -0.25) is 18.7 Å². The van der Waals surface area contributed by atoms with Gasteiger partial charge in [-0.2, -0.15) is 0 Å². The summed E-state index contributed by atoms with van der Waals surface area (Å²) >= 11 is 0. The molecular formula is C18H27N2O8P. The molecule has 0 aliphatic rings. The van der Waals surface area contributed by atoms with Gasteiger partial charge in [-0.15, -0.1) is 0 Å². The molecule has 5 N–H and O–H groups in total. The number of benzene rings is 1. The second-order valence-electron chi connectivity index (χ2n) is 6.53. The summed E-state index contributed by atoms with van der Waals surface area (Å²) in [6, 6.07) is 9.49. The second kappa shape index (κ2) is 12.3. The van der Waals surface area contributed by atoms with Crippen molar-refractivity contribution < 1.29 is 38.2 Å². The van der Waals surface area contributed by atoms with Crippen LogP contribution < -0.4 is 11.1 Å². The minimum Gasteiger partial charge on any atom is -0.479 e. The first kappa shape index (κ1) is 24.8. The van der Waals surface area contributed by atoms with Gasteiger partial charge >= 0.3 is 19.5 Å². The van der Waals surface area contributed by atoms with Crippen molar-refractivity contribution in [2.24, 2.45) is 11.7 Å². The zero-order chi connectivity index (χ0) is 21.9. The Morgan fingerprint density at radius 1 is 1.24 bits per heavy atom. The molecule has 0 saturated carbocycles. The average Bonchev–Trinajstić information content (AvgIpc) is 2.67. The van der Waals surface area contributed by atoms with E-state index in [1.807, 2.05) is 30.3 Å². The lowest BCUT2D eigenvalue weighted by Crippen LogP contribution is -2.33. The van der Waals surface area contributed by atoms with Crippen LogP contribution in [0.4, 0.5) is 0 Å². The molecule has 1 aromatic rings. The van der Waals surface area contributed by atoms with Gasteiger partial charge in [-0.25, -0.2) is 4.79 Å². The maximum atomic E-state index is 12.2. The first-order chi connectivity index (χ1) is 13.6. The van der Waals surface area contributed by atoms with Crippen LogP contribution in [0.1, 0.15) is 18.9 Å². The Morgan fingerprint density at radius 3 is 2.48 bits per heavy atom. The highest BCUT2D eigenvalue weighted by molar-refractivity contribution is 7.52. The summed E-state index contributed by atoms with van der Waals surface area (Å²) in [6.45, 7) is 0.556. The largest absolute Gasteiger partial charge is 0.479 e. The number of carbonyl (C=O) groups is 3. The van der Waals surface area contributed by atoms with Gasteiger partial charge in [0.2, 0.25) is 5.91 Å². The summed E-state index contributed by atoms with van der Waals surface area (Å²) in [5.41, 5.74) is 6.07. The van der Waals surface area contributed by atoms with Crippen LogP contribution >= 0.6 is 7.60 Å². The summed E-state index contributed by atoms with van der Waals surface area (Å²) in [4.78, 5) is 44.0. The molecule has 0 heterocycles. The van der Waals surface area contributed by atoms with Gasteiger partial charge in [0.15, 0.2) is 6.10 Å². The van der Waals surface area contributed by atoms with Gasteiger partial charge in [0.05, 0.1) is 12.7 Å². The van der Waals surface area contributed by atoms with E-state index in [0.717, 1.165) is 5.56 Å². The molecule has 0 saturated heterocycles. The fourth-order valence-electron chi connectivity index (χ4n) is 2.35. The molecule has 0 bridgehead atoms. The van der Waals surface area contributed by atoms with Gasteiger partial charge in [0, 0.05) is 13.0 Å². The molecule has 10 nitrogen and oxygen atoms in total. The van der Waals surface area contributed by atoms with Crippen molar-refractivity contribution in [3.63, 3.8) is 0 Å². The number of carboxylic acid groups (broad SMARTS) is 1. The number of aryl methyl sites for hydroxylation is 1. The number of hydrogen-bond acceptors (Lipinski definition) is 7. The summed E-state index contributed by atoms with van der Waals surface area (Å²) in [5, 5.41) is 11.7. The molecule has 0 aliphatic heterocycles. The Hall–Kier alpha value is -2.26. The van der Waals surface area contributed by atoms with E-state index >= 15 is 0 Å². The van der Waals surface area contributed by atoms with Crippen molar-refractivity contribution in [2.45, 2.75) is 25.9 Å². The van der Waals surface area contributed by atoms with E-state index in [4.69, 9.17) is 15.4 Å². The fourth-order valence-corrected chi connectivity index (χ4v) is 3.91. The standard InChI is InChI=1S/C18H27N2O8P/c1-13(10-20-16(21)8-7-14-5-3-2-4-6-14)12-29(25,26)28-15(18(23)24)11-27-17(22)9-19/h2-6,13,15H,7-12,19H2,1H3,(H,20,21)(H,23,24)(H,25,26). The third-order valence-electron chi connectivity index (χ3n) is 3.80. The van der Waals surface area contributed by atoms with E-state index < -0.39 is 44.7 Å². The molecule has 3 unspecified atom stereocenters. The van der Waals surface area contributed by atoms with Crippen molar-refractivity contribution in [2.75, 3.05) is 25.9 Å². The van der Waals surface area contributed by atoms with Crippen LogP contribution in [-0.4, -0.2) is 59.8 Å². The van der Waals surface area contributed by atoms with E-state index in [1.54, 1.807) is 6.92 Å². The zero-order valence-electron chi connectivity index (χ0n) is 16.2. The van der Waals surface area contributed by atoms with Crippen LogP contribution in [0, 0.1) is 5.92 Å². The Kier molecular flexibility index (Phi) is 10.5. The lowest BCUT2D eigenvalue weighted by atomic mass is 10.1. The monoisotopic (exact) mass is 430 g/mol. The molecule has 1 rings (SSSR count). The summed E-state index contributed by atoms with van der Waals surface area (Å²) in [7, 11) is -4.30. The highest BCUT2D eigenvalue weighted by Gasteiger charge is 2.32. The van der Waals surface area contributed by atoms with Crippen molar-refractivity contribution in [1.82, 2.24) is 5.32 Å². The summed E-state index contributed by atoms with van der Waals surface area (Å²) in [5.74, 6) is -3.07. The van der Waals surface area contributed by atoms with E-state index in [-0.39, 0.29) is 25.0 Å². The molecule has 1 aromatic carbocycles. The molecule has 162 valence electrons. The van der Waals surface area contributed by atoms with Gasteiger partial charge < -0.3 is 25.8 Å². The van der Waals surface area contributed by atoms with Crippen LogP contribution in [0.15, 0.2) is 30.3 Å². The lowest BCUT2D eigenvalue weighted by Gasteiger charge is -2.21. The number of amides is 1. The number of carboxylic acids is 1. The minimum atomic E-state index is -4.30. The number of esters is 1. The SMILES string of the molecule is CC(CNC(=O)CCc1ccccc1)CP(=O)(O)OC(COC(=O)CN)C(=O)O. The van der Waals surface area contributed by atoms with E-state index in [0.29, 0.717) is 6.42 Å². The average molecular weight is 430 g/mol. The third-order valence-corrected chi connectivity index (χ3v) is 5.47. The molecule has 0 fully saturated rings. The highest BCUT2D eigenvalue weighted by atomic mass is 31.2. The van der Waals surface area contributed by atoms with E-state index in [1.165, 1.54) is 0 Å². The molecule has 0 spiro atoms. The molecule has 1 amide bonds. The number of nitrogens with two attached hydrogens (primary N) is 1. The summed E-state index contributed by atoms with van der Waals surface area (Å²) < 4.78 is 21.5. The van der Waals surface area contributed by atoms with Crippen molar-refractivity contribution in [1.29, 1.82) is 0 Å². The number of hydrogen-bond donors (Lipinski definition) is 4. The third kappa shape index (κ3) is 10.7. The van der Waals surface area contributed by atoms with Crippen LogP contribution in [0.2, 0.25) is 0 Å². The quantitative estimate of drug-likeness (QED) is 0.258. The first-order valence-corrected chi connectivity index (χ1v) is 10.8. The predicted octanol–water partition coefficient (Wildman–Crippen LogP) is 0.529. The van der Waals surface area contributed by atoms with Crippen molar-refractivity contribution in [3.05, 3.63) is 35.9 Å². The molecule has 3 atom stereocenters. The maximum Gasteiger partial charge on any atom is 0.337 e. The molecule has 0 aromatic heterocycles. The molecule has 29 heavy (non-hydrogen) atoms. The van der Waals surface area contributed by atoms with Crippen LogP contribution in [-0.2, 0) is 34.6 Å². The Morgan fingerprint density at radius 2 is 1.90 bits per heavy atom. The molecule has 11 heteroatoms. The van der Waals surface area contributed by atoms with Crippen LogP contribution in [0.3, 0.4) is 0 Å². The normalized spacial score (nSPS) is 15.0. The molecule has 0 aliphatic carbocycles. The second-order valence-corrected chi connectivity index (χ2v) is 8.39. The van der Waals surface area contributed by atoms with Gasteiger partial charge in [0.25, 0.3) is 0 Å². The lowest BCUT2D eigenvalue weighted by molar-refractivity contribution is -0.154. The first-order valence-electron chi connectivity index (χ1n) is 9.02. The smallest absolute Gasteiger partial charge is 0.337 e. The number of carbonyl (C=O) groups excluding carboxylic acids is 2. The van der Waals surface area contributed by atoms with Gasteiger partial charge in [0.1, 0.15) is 6.61 Å². The van der Waals surface area contributed by atoms with E-state index in [2.05, 4.69) is 10.1 Å².